The SMILES string of the molecule is Cc1cc2cccc(NC(=O)c3cccc4[nH]ccc34)c2[nH]1. The van der Waals surface area contributed by atoms with Gasteiger partial charge in [0.25, 0.3) is 5.91 Å². The van der Waals surface area contributed by atoms with E-state index in [-0.39, 0.29) is 5.91 Å². The Kier molecular flexibility index (Phi) is 2.76. The number of fused-ring (bicyclic) bond motifs is 2. The van der Waals surface area contributed by atoms with Crippen molar-refractivity contribution in [3.8, 4) is 0 Å². The van der Waals surface area contributed by atoms with Crippen molar-refractivity contribution in [3.63, 3.8) is 0 Å². The van der Waals surface area contributed by atoms with Crippen molar-refractivity contribution in [3.05, 3.63) is 66.0 Å². The van der Waals surface area contributed by atoms with Crippen LogP contribution in [0.3, 0.4) is 0 Å². The Morgan fingerprint density at radius 1 is 1.09 bits per heavy atom. The molecule has 0 radical (unpaired) electrons. The van der Waals surface area contributed by atoms with Gasteiger partial charge < -0.3 is 15.3 Å². The lowest BCUT2D eigenvalue weighted by molar-refractivity contribution is 0.102. The van der Waals surface area contributed by atoms with E-state index in [0.717, 1.165) is 33.2 Å². The zero-order valence-electron chi connectivity index (χ0n) is 12.1. The molecule has 0 aliphatic heterocycles. The summed E-state index contributed by atoms with van der Waals surface area (Å²) in [5.41, 5.74) is 4.45. The summed E-state index contributed by atoms with van der Waals surface area (Å²) in [6, 6.07) is 15.6. The van der Waals surface area contributed by atoms with Crippen LogP contribution < -0.4 is 5.32 Å². The Hall–Kier alpha value is -3.01. The van der Waals surface area contributed by atoms with Crippen molar-refractivity contribution in [1.29, 1.82) is 0 Å². The number of nitrogens with one attached hydrogen (secondary N) is 3. The molecule has 0 spiro atoms. The third-order valence-electron chi connectivity index (χ3n) is 3.88. The van der Waals surface area contributed by atoms with Gasteiger partial charge in [0.05, 0.1) is 11.2 Å². The molecule has 2 aromatic carbocycles. The van der Waals surface area contributed by atoms with Crippen LogP contribution in [0.4, 0.5) is 5.69 Å². The molecular weight excluding hydrogens is 274 g/mol. The summed E-state index contributed by atoms with van der Waals surface area (Å²) in [5, 5.41) is 5.03. The minimum Gasteiger partial charge on any atom is -0.361 e. The molecule has 0 aliphatic rings. The van der Waals surface area contributed by atoms with Crippen LogP contribution in [-0.4, -0.2) is 15.9 Å². The summed E-state index contributed by atoms with van der Waals surface area (Å²) in [5.74, 6) is -0.107. The van der Waals surface area contributed by atoms with Gasteiger partial charge in [-0.05, 0) is 37.3 Å². The zero-order chi connectivity index (χ0) is 15.1. The van der Waals surface area contributed by atoms with Crippen molar-refractivity contribution in [2.45, 2.75) is 6.92 Å². The second-order valence-corrected chi connectivity index (χ2v) is 5.42. The minimum atomic E-state index is -0.107. The highest BCUT2D eigenvalue weighted by Gasteiger charge is 2.12. The van der Waals surface area contributed by atoms with E-state index >= 15 is 0 Å². The van der Waals surface area contributed by atoms with Crippen LogP contribution in [-0.2, 0) is 0 Å². The molecule has 0 aliphatic carbocycles. The molecule has 2 aromatic heterocycles. The van der Waals surface area contributed by atoms with E-state index in [1.165, 1.54) is 0 Å². The summed E-state index contributed by atoms with van der Waals surface area (Å²) in [6.07, 6.45) is 1.84. The zero-order valence-corrected chi connectivity index (χ0v) is 12.1. The first-order valence-electron chi connectivity index (χ1n) is 7.18. The van der Waals surface area contributed by atoms with Gasteiger partial charge in [-0.15, -0.1) is 0 Å². The van der Waals surface area contributed by atoms with Crippen molar-refractivity contribution >= 4 is 33.4 Å². The van der Waals surface area contributed by atoms with Crippen LogP contribution in [0, 0.1) is 6.92 Å². The maximum absolute atomic E-state index is 12.6. The van der Waals surface area contributed by atoms with Gasteiger partial charge in [-0.25, -0.2) is 0 Å². The highest BCUT2D eigenvalue weighted by molar-refractivity contribution is 6.14. The van der Waals surface area contributed by atoms with E-state index in [0.29, 0.717) is 5.56 Å². The number of anilines is 1. The molecule has 4 nitrogen and oxygen atoms in total. The number of aromatic amines is 2. The van der Waals surface area contributed by atoms with Gasteiger partial charge in [0.2, 0.25) is 0 Å². The molecular formula is C18H15N3O. The predicted octanol–water partition coefficient (Wildman–Crippen LogP) is 4.21. The number of carbonyl (C=O) groups is 1. The van der Waals surface area contributed by atoms with E-state index in [1.54, 1.807) is 0 Å². The summed E-state index contributed by atoms with van der Waals surface area (Å²) in [7, 11) is 0. The van der Waals surface area contributed by atoms with E-state index in [2.05, 4.69) is 21.4 Å². The maximum Gasteiger partial charge on any atom is 0.256 e. The average molecular weight is 289 g/mol. The van der Waals surface area contributed by atoms with Gasteiger partial charge in [-0.1, -0.05) is 18.2 Å². The second kappa shape index (κ2) is 4.77. The second-order valence-electron chi connectivity index (χ2n) is 5.42. The lowest BCUT2D eigenvalue weighted by Crippen LogP contribution is -2.12. The Morgan fingerprint density at radius 3 is 2.86 bits per heavy atom. The number of hydrogen-bond acceptors (Lipinski definition) is 1. The summed E-state index contributed by atoms with van der Waals surface area (Å²) in [6.45, 7) is 2.01. The molecule has 0 saturated heterocycles. The van der Waals surface area contributed by atoms with E-state index in [1.807, 2.05) is 55.6 Å². The molecule has 0 saturated carbocycles. The third-order valence-corrected chi connectivity index (χ3v) is 3.88. The van der Waals surface area contributed by atoms with Crippen LogP contribution in [0.25, 0.3) is 21.8 Å². The molecule has 3 N–H and O–H groups in total. The normalized spacial score (nSPS) is 11.1. The maximum atomic E-state index is 12.6. The number of carbonyl (C=O) groups excluding carboxylic acids is 1. The van der Waals surface area contributed by atoms with E-state index < -0.39 is 0 Å². The van der Waals surface area contributed by atoms with E-state index in [4.69, 9.17) is 0 Å². The molecule has 1 amide bonds. The fourth-order valence-corrected chi connectivity index (χ4v) is 2.87. The Balaban J connectivity index is 1.76. The molecule has 2 heterocycles. The molecule has 0 unspecified atom stereocenters. The summed E-state index contributed by atoms with van der Waals surface area (Å²) < 4.78 is 0. The van der Waals surface area contributed by atoms with Crippen molar-refractivity contribution in [2.24, 2.45) is 0 Å². The number of H-pyrrole nitrogens is 2. The topological polar surface area (TPSA) is 60.7 Å². The van der Waals surface area contributed by atoms with Crippen LogP contribution in [0.15, 0.2) is 54.7 Å². The van der Waals surface area contributed by atoms with Gasteiger partial charge in [0.15, 0.2) is 0 Å². The molecule has 0 fully saturated rings. The highest BCUT2D eigenvalue weighted by atomic mass is 16.1. The van der Waals surface area contributed by atoms with Crippen molar-refractivity contribution in [2.75, 3.05) is 5.32 Å². The van der Waals surface area contributed by atoms with Crippen molar-refractivity contribution < 1.29 is 4.79 Å². The number of aromatic nitrogens is 2. The first kappa shape index (κ1) is 12.7. The quantitative estimate of drug-likeness (QED) is 0.508. The largest absolute Gasteiger partial charge is 0.361 e. The number of aryl methyl sites for hydroxylation is 1. The van der Waals surface area contributed by atoms with Gasteiger partial charge in [0, 0.05) is 33.7 Å². The number of para-hydroxylation sites is 1. The van der Waals surface area contributed by atoms with Crippen molar-refractivity contribution in [1.82, 2.24) is 9.97 Å². The average Bonchev–Trinajstić information content (AvgIpc) is 3.12. The first-order valence-corrected chi connectivity index (χ1v) is 7.18. The fraction of sp³-hybridized carbons (Fsp3) is 0.0556. The Bertz CT molecular complexity index is 994. The third kappa shape index (κ3) is 1.97. The highest BCUT2D eigenvalue weighted by Crippen LogP contribution is 2.25. The van der Waals surface area contributed by atoms with Crippen LogP contribution in [0.2, 0.25) is 0 Å². The Labute approximate surface area is 127 Å². The number of rotatable bonds is 2. The summed E-state index contributed by atoms with van der Waals surface area (Å²) in [4.78, 5) is 19.1. The number of benzene rings is 2. The molecule has 4 heteroatoms. The van der Waals surface area contributed by atoms with Gasteiger partial charge >= 0.3 is 0 Å². The first-order chi connectivity index (χ1) is 10.7. The lowest BCUT2D eigenvalue weighted by Gasteiger charge is -2.07. The van der Waals surface area contributed by atoms with Gasteiger partial charge in [-0.2, -0.15) is 0 Å². The standard InChI is InChI=1S/C18H15N3O/c1-11-10-12-4-2-7-16(17(12)20-11)21-18(22)14-5-3-6-15-13(14)8-9-19-15/h2-10,19-20H,1H3,(H,21,22). The number of hydrogen-bond donors (Lipinski definition) is 3. The van der Waals surface area contributed by atoms with Crippen LogP contribution in [0.5, 0.6) is 0 Å². The molecule has 0 bridgehead atoms. The predicted molar refractivity (Wildman–Crippen MR) is 89.3 cm³/mol. The molecule has 4 rings (SSSR count). The molecule has 22 heavy (non-hydrogen) atoms. The Morgan fingerprint density at radius 2 is 1.95 bits per heavy atom. The number of amides is 1. The minimum absolute atomic E-state index is 0.107. The van der Waals surface area contributed by atoms with Gasteiger partial charge in [0.1, 0.15) is 0 Å². The van der Waals surface area contributed by atoms with Crippen LogP contribution >= 0.6 is 0 Å². The molecule has 4 aromatic rings. The fourth-order valence-electron chi connectivity index (χ4n) is 2.87. The molecule has 108 valence electrons. The monoisotopic (exact) mass is 289 g/mol. The smallest absolute Gasteiger partial charge is 0.256 e. The van der Waals surface area contributed by atoms with Gasteiger partial charge in [-0.3, -0.25) is 4.79 Å². The van der Waals surface area contributed by atoms with E-state index in [9.17, 15) is 4.79 Å². The summed E-state index contributed by atoms with van der Waals surface area (Å²) >= 11 is 0. The molecule has 0 atom stereocenters. The lowest BCUT2D eigenvalue weighted by atomic mass is 10.1. The van der Waals surface area contributed by atoms with Crippen LogP contribution in [0.1, 0.15) is 16.1 Å².